The highest BCUT2D eigenvalue weighted by molar-refractivity contribution is 7.09. The summed E-state index contributed by atoms with van der Waals surface area (Å²) in [5.41, 5.74) is 2.05. The van der Waals surface area contributed by atoms with E-state index in [2.05, 4.69) is 78.6 Å². The molecule has 0 fully saturated rings. The number of esters is 1. The Morgan fingerprint density at radius 3 is 2.13 bits per heavy atom. The lowest BCUT2D eigenvalue weighted by Crippen LogP contribution is -2.53. The number of thiazole rings is 1. The maximum atomic E-state index is 15.4. The zero-order chi connectivity index (χ0) is 39.1. The molecule has 1 aliphatic heterocycles. The third-order valence-corrected chi connectivity index (χ3v) is 22.3. The summed E-state index contributed by atoms with van der Waals surface area (Å²) in [5, 5.41) is 3.02. The van der Waals surface area contributed by atoms with Gasteiger partial charge in [0.1, 0.15) is 11.9 Å². The molecule has 5 unspecified atom stereocenters. The van der Waals surface area contributed by atoms with Gasteiger partial charge in [0.15, 0.2) is 16.6 Å². The van der Waals surface area contributed by atoms with Crippen molar-refractivity contribution in [3.05, 3.63) is 45.5 Å². The second-order valence-electron chi connectivity index (χ2n) is 15.7. The number of allylic oxidation sites excluding steroid dienone is 2. The molecule has 0 aromatic carbocycles. The van der Waals surface area contributed by atoms with E-state index in [4.69, 9.17) is 25.2 Å². The fraction of sp³-hybridized carbons (Fsp3) is 0.738. The van der Waals surface area contributed by atoms with E-state index < -0.39 is 34.3 Å². The van der Waals surface area contributed by atoms with Gasteiger partial charge in [-0.25, -0.2) is 4.98 Å². The first-order valence-electron chi connectivity index (χ1n) is 20.2. The van der Waals surface area contributed by atoms with Crippen LogP contribution in [-0.4, -0.2) is 57.6 Å². The van der Waals surface area contributed by atoms with Crippen molar-refractivity contribution in [2.45, 2.75) is 176 Å². The van der Waals surface area contributed by atoms with Gasteiger partial charge in [0, 0.05) is 29.0 Å². The molecule has 0 amide bonds. The molecule has 0 saturated carbocycles. The van der Waals surface area contributed by atoms with Gasteiger partial charge in [-0.3, -0.25) is 9.59 Å². The Kier molecular flexibility index (Phi) is 20.0. The lowest BCUT2D eigenvalue weighted by Gasteiger charge is -2.44. The average molecular weight is 795 g/mol. The average Bonchev–Trinajstić information content (AvgIpc) is 3.54. The molecule has 0 N–H and O–H groups in total. The second kappa shape index (κ2) is 22.3. The Bertz CT molecular complexity index is 1330. The Balaban J connectivity index is 2.81. The number of halogens is 1. The van der Waals surface area contributed by atoms with Gasteiger partial charge in [-0.15, -0.1) is 22.9 Å². The van der Waals surface area contributed by atoms with Crippen molar-refractivity contribution in [2.75, 3.05) is 5.88 Å². The predicted molar refractivity (Wildman–Crippen MR) is 227 cm³/mol. The van der Waals surface area contributed by atoms with Crippen molar-refractivity contribution in [1.29, 1.82) is 0 Å². The van der Waals surface area contributed by atoms with Crippen molar-refractivity contribution >= 4 is 57.4 Å². The first-order chi connectivity index (χ1) is 24.6. The van der Waals surface area contributed by atoms with Gasteiger partial charge < -0.3 is 13.6 Å². The topological polar surface area (TPSA) is 74.7 Å². The van der Waals surface area contributed by atoms with E-state index in [1.54, 1.807) is 11.3 Å². The minimum atomic E-state index is -2.25. The van der Waals surface area contributed by atoms with Crippen LogP contribution in [-0.2, 0) is 23.2 Å². The number of alkyl halides is 1. The number of Topliss-reactive ketones (excluding diaryl/α,β-unsaturated/α-hetero) is 1. The molecule has 5 atom stereocenters. The fourth-order valence-electron chi connectivity index (χ4n) is 7.56. The van der Waals surface area contributed by atoms with Crippen LogP contribution in [0, 0.1) is 24.2 Å². The molecule has 0 spiro atoms. The highest BCUT2D eigenvalue weighted by atomic mass is 35.5. The minimum Gasteiger partial charge on any atom is -0.457 e. The van der Waals surface area contributed by atoms with Crippen LogP contribution in [0.4, 0.5) is 0 Å². The molecule has 0 saturated heterocycles. The summed E-state index contributed by atoms with van der Waals surface area (Å²) in [6.45, 7) is 25.7. The van der Waals surface area contributed by atoms with Gasteiger partial charge in [0.05, 0.1) is 29.3 Å². The summed E-state index contributed by atoms with van der Waals surface area (Å²) >= 11 is 7.82. The van der Waals surface area contributed by atoms with Crippen molar-refractivity contribution in [3.8, 4) is 0 Å². The number of unbranched alkanes of at least 4 members (excludes halogenated alkanes) is 1. The number of hydrogen-bond donors (Lipinski definition) is 0. The van der Waals surface area contributed by atoms with Crippen LogP contribution in [0.15, 0.2) is 34.8 Å². The molecule has 0 aliphatic carbocycles. The number of carbonyl (C=O) groups is 2. The van der Waals surface area contributed by atoms with Gasteiger partial charge in [-0.2, -0.15) is 0 Å². The summed E-state index contributed by atoms with van der Waals surface area (Å²) in [6, 6.07) is 5.78. The molecule has 0 radical (unpaired) electrons. The van der Waals surface area contributed by atoms with Crippen LogP contribution in [0.5, 0.6) is 0 Å². The van der Waals surface area contributed by atoms with Crippen molar-refractivity contribution < 1.29 is 23.2 Å². The molecule has 52 heavy (non-hydrogen) atoms. The number of hydrogen-bond acceptors (Lipinski definition) is 7. The normalized spacial score (nSPS) is 26.1. The van der Waals surface area contributed by atoms with Gasteiger partial charge >= 0.3 is 5.97 Å². The number of rotatable bonds is 16. The second-order valence-corrected chi connectivity index (χ2v) is 26.6. The van der Waals surface area contributed by atoms with E-state index in [0.29, 0.717) is 18.7 Å². The van der Waals surface area contributed by atoms with Crippen LogP contribution in [0.1, 0.15) is 125 Å². The summed E-state index contributed by atoms with van der Waals surface area (Å²) < 4.78 is 21.0. The largest absolute Gasteiger partial charge is 0.457 e. The van der Waals surface area contributed by atoms with Gasteiger partial charge in [0.25, 0.3) is 0 Å². The Morgan fingerprint density at radius 1 is 1.00 bits per heavy atom. The molecule has 0 bridgehead atoms. The molecular weight excluding hydrogens is 722 g/mol. The Morgan fingerprint density at radius 2 is 1.60 bits per heavy atom. The zero-order valence-corrected chi connectivity index (χ0v) is 38.3. The van der Waals surface area contributed by atoms with Gasteiger partial charge in [-0.1, -0.05) is 92.5 Å². The first-order valence-corrected chi connectivity index (χ1v) is 26.6. The van der Waals surface area contributed by atoms with E-state index in [-0.39, 0.29) is 36.1 Å². The third kappa shape index (κ3) is 13.1. The number of cyclic esters (lactones) is 1. The van der Waals surface area contributed by atoms with Crippen molar-refractivity contribution in [1.82, 2.24) is 4.98 Å². The third-order valence-electron chi connectivity index (χ3n) is 11.9. The standard InChI is InChI=1S/C42H72ClNO5SSi2/c1-13-51(14-2,15-3)48-38-29-39(45)47-37(33(9)28-35-30-50-34(10)44-35)26-25-31(7)22-21-23-32(8)40(49-52(16-4,17-5)18-6)36(24-19-20-27-43)41(46)42(38,11)12/h21,23,25,28,30,32,36-38,40H,13-20,22,24,26-27,29H2,1-12H3/b23-21+,31-25-,33-28+. The first kappa shape index (κ1) is 46.8. The van der Waals surface area contributed by atoms with Crippen LogP contribution in [0.3, 0.4) is 0 Å². The molecule has 10 heteroatoms. The number of ether oxygens (including phenoxy) is 1. The number of nitrogens with zero attached hydrogens (tertiary/aromatic N) is 1. The van der Waals surface area contributed by atoms with Gasteiger partial charge in [0.2, 0.25) is 0 Å². The molecule has 1 aromatic rings. The summed E-state index contributed by atoms with van der Waals surface area (Å²) in [4.78, 5) is 34.2. The predicted octanol–water partition coefficient (Wildman–Crippen LogP) is 12.5. The molecular formula is C42H72ClNO5SSi2. The molecule has 296 valence electrons. The lowest BCUT2D eigenvalue weighted by atomic mass is 9.71. The van der Waals surface area contributed by atoms with Crippen LogP contribution < -0.4 is 0 Å². The van der Waals surface area contributed by atoms with E-state index >= 15 is 4.79 Å². The number of aromatic nitrogens is 1. The van der Waals surface area contributed by atoms with Crippen LogP contribution in [0.2, 0.25) is 36.3 Å². The maximum absolute atomic E-state index is 15.4. The summed E-state index contributed by atoms with van der Waals surface area (Å²) in [6.07, 6.45) is 11.1. The van der Waals surface area contributed by atoms with E-state index in [1.807, 2.05) is 39.2 Å². The SMILES string of the molecule is CC[Si](CC)(CC)OC1C(C)/C=C/C/C(C)=C\CC(/C(C)=C/c2csc(C)n2)OC(=O)CC(O[Si](CC)(CC)CC)C(C)(C)C(=O)C1CCCCCl. The number of ketones is 1. The molecule has 1 aliphatic rings. The van der Waals surface area contributed by atoms with Crippen molar-refractivity contribution in [2.24, 2.45) is 17.3 Å². The molecule has 6 nitrogen and oxygen atoms in total. The number of aryl methyl sites for hydroxylation is 1. The molecule has 2 heterocycles. The highest BCUT2D eigenvalue weighted by Gasteiger charge is 2.49. The van der Waals surface area contributed by atoms with Crippen LogP contribution in [0.25, 0.3) is 6.08 Å². The van der Waals surface area contributed by atoms with Crippen LogP contribution >= 0.6 is 22.9 Å². The fourth-order valence-corrected chi connectivity index (χ4v) is 14.3. The summed E-state index contributed by atoms with van der Waals surface area (Å²) in [5.74, 6) is 0.00771. The Labute approximate surface area is 328 Å². The smallest absolute Gasteiger partial charge is 0.309 e. The monoisotopic (exact) mass is 793 g/mol. The zero-order valence-electron chi connectivity index (χ0n) is 34.7. The molecule has 2 rings (SSSR count). The number of carbonyl (C=O) groups excluding carboxylic acids is 2. The van der Waals surface area contributed by atoms with E-state index in [0.717, 1.165) is 71.8 Å². The van der Waals surface area contributed by atoms with E-state index in [1.165, 1.54) is 5.57 Å². The minimum absolute atomic E-state index is 0.0166. The van der Waals surface area contributed by atoms with Crippen molar-refractivity contribution in [3.63, 3.8) is 0 Å². The van der Waals surface area contributed by atoms with Gasteiger partial charge in [-0.05, 0) is 93.9 Å². The lowest BCUT2D eigenvalue weighted by molar-refractivity contribution is -0.153. The molecule has 1 aromatic heterocycles. The summed E-state index contributed by atoms with van der Waals surface area (Å²) in [7, 11) is -4.36. The highest BCUT2D eigenvalue weighted by Crippen LogP contribution is 2.41. The maximum Gasteiger partial charge on any atom is 0.309 e. The quantitative estimate of drug-likeness (QED) is 0.0545. The van der Waals surface area contributed by atoms with E-state index in [9.17, 15) is 4.79 Å². The Hall–Kier alpha value is -1.37.